The summed E-state index contributed by atoms with van der Waals surface area (Å²) >= 11 is 5.99. The Morgan fingerprint density at radius 3 is 2.32 bits per heavy atom. The molecule has 0 aliphatic rings. The van der Waals surface area contributed by atoms with Crippen molar-refractivity contribution in [3.8, 4) is 0 Å². The first-order valence-electron chi connectivity index (χ1n) is 8.77. The highest BCUT2D eigenvalue weighted by atomic mass is 35.5. The molecule has 28 heavy (non-hydrogen) atoms. The van der Waals surface area contributed by atoms with E-state index in [1.807, 2.05) is 19.1 Å². The smallest absolute Gasteiger partial charge is 0.255 e. The lowest BCUT2D eigenvalue weighted by Crippen LogP contribution is -2.22. The molecule has 6 heteroatoms. The standard InChI is InChI=1S/C22H20ClN3O2/c1-15-10-11-17(23)12-20(15)24-14-21(27)25-18-8-5-9-19(13-18)26-22(28)16-6-3-2-4-7-16/h2-13,24H,14H2,1H3,(H,25,27)(H,26,28). The van der Waals surface area contributed by atoms with Gasteiger partial charge in [-0.05, 0) is 55.0 Å². The molecule has 0 aliphatic carbocycles. The van der Waals surface area contributed by atoms with Crippen LogP contribution in [-0.4, -0.2) is 18.4 Å². The number of hydrogen-bond acceptors (Lipinski definition) is 3. The maximum absolute atomic E-state index is 12.2. The van der Waals surface area contributed by atoms with E-state index in [9.17, 15) is 9.59 Å². The van der Waals surface area contributed by atoms with Crippen LogP contribution >= 0.6 is 11.6 Å². The first-order chi connectivity index (χ1) is 13.5. The number of carbonyl (C=O) groups excluding carboxylic acids is 2. The highest BCUT2D eigenvalue weighted by Crippen LogP contribution is 2.20. The van der Waals surface area contributed by atoms with Gasteiger partial charge in [0, 0.05) is 27.6 Å². The number of hydrogen-bond donors (Lipinski definition) is 3. The van der Waals surface area contributed by atoms with Gasteiger partial charge in [0.15, 0.2) is 0 Å². The summed E-state index contributed by atoms with van der Waals surface area (Å²) in [5.41, 5.74) is 3.58. The molecule has 0 saturated heterocycles. The third-order valence-electron chi connectivity index (χ3n) is 4.08. The van der Waals surface area contributed by atoms with Crippen LogP contribution in [0.4, 0.5) is 17.1 Å². The molecule has 3 rings (SSSR count). The molecule has 2 amide bonds. The molecule has 0 aromatic heterocycles. The van der Waals surface area contributed by atoms with Gasteiger partial charge in [-0.2, -0.15) is 0 Å². The lowest BCUT2D eigenvalue weighted by atomic mass is 10.2. The Kier molecular flexibility index (Phi) is 6.29. The summed E-state index contributed by atoms with van der Waals surface area (Å²) in [6.07, 6.45) is 0. The molecule has 0 aliphatic heterocycles. The highest BCUT2D eigenvalue weighted by molar-refractivity contribution is 6.30. The molecule has 0 spiro atoms. The van der Waals surface area contributed by atoms with Crippen LogP contribution in [0.5, 0.6) is 0 Å². The van der Waals surface area contributed by atoms with Gasteiger partial charge in [-0.15, -0.1) is 0 Å². The fraction of sp³-hybridized carbons (Fsp3) is 0.0909. The van der Waals surface area contributed by atoms with Gasteiger partial charge in [-0.3, -0.25) is 9.59 Å². The van der Waals surface area contributed by atoms with Crippen LogP contribution in [-0.2, 0) is 4.79 Å². The van der Waals surface area contributed by atoms with E-state index in [0.29, 0.717) is 22.0 Å². The van der Waals surface area contributed by atoms with Gasteiger partial charge in [0.25, 0.3) is 5.91 Å². The van der Waals surface area contributed by atoms with E-state index in [2.05, 4.69) is 16.0 Å². The van der Waals surface area contributed by atoms with Crippen LogP contribution in [0.1, 0.15) is 15.9 Å². The topological polar surface area (TPSA) is 70.2 Å². The van der Waals surface area contributed by atoms with E-state index in [-0.39, 0.29) is 18.4 Å². The van der Waals surface area contributed by atoms with E-state index < -0.39 is 0 Å². The lowest BCUT2D eigenvalue weighted by molar-refractivity contribution is -0.114. The SMILES string of the molecule is Cc1ccc(Cl)cc1NCC(=O)Nc1cccc(NC(=O)c2ccccc2)c1. The first-order valence-corrected chi connectivity index (χ1v) is 9.15. The van der Waals surface area contributed by atoms with Crippen molar-refractivity contribution in [3.63, 3.8) is 0 Å². The largest absolute Gasteiger partial charge is 0.376 e. The molecule has 0 atom stereocenters. The van der Waals surface area contributed by atoms with Crippen molar-refractivity contribution in [3.05, 3.63) is 88.9 Å². The predicted octanol–water partition coefficient (Wildman–Crippen LogP) is 4.95. The maximum Gasteiger partial charge on any atom is 0.255 e. The number of carbonyl (C=O) groups is 2. The molecular weight excluding hydrogens is 374 g/mol. The van der Waals surface area contributed by atoms with E-state index in [1.165, 1.54) is 0 Å². The number of halogens is 1. The molecule has 0 radical (unpaired) electrons. The van der Waals surface area contributed by atoms with Crippen LogP contribution < -0.4 is 16.0 Å². The average Bonchev–Trinajstić information content (AvgIpc) is 2.69. The van der Waals surface area contributed by atoms with Crippen LogP contribution in [0.25, 0.3) is 0 Å². The minimum absolute atomic E-state index is 0.0990. The zero-order chi connectivity index (χ0) is 19.9. The van der Waals surface area contributed by atoms with Crippen molar-refractivity contribution in [1.82, 2.24) is 0 Å². The zero-order valence-electron chi connectivity index (χ0n) is 15.3. The summed E-state index contributed by atoms with van der Waals surface area (Å²) in [6.45, 7) is 2.04. The lowest BCUT2D eigenvalue weighted by Gasteiger charge is -2.11. The van der Waals surface area contributed by atoms with Crippen LogP contribution in [0.2, 0.25) is 5.02 Å². The molecule has 0 unspecified atom stereocenters. The molecule has 0 fully saturated rings. The Labute approximate surface area is 168 Å². The van der Waals surface area contributed by atoms with Crippen LogP contribution in [0.3, 0.4) is 0 Å². The van der Waals surface area contributed by atoms with Crippen molar-refractivity contribution in [2.24, 2.45) is 0 Å². The number of rotatable bonds is 6. The minimum Gasteiger partial charge on any atom is -0.376 e. The second-order valence-electron chi connectivity index (χ2n) is 6.26. The normalized spacial score (nSPS) is 10.2. The van der Waals surface area contributed by atoms with E-state index in [1.54, 1.807) is 60.7 Å². The monoisotopic (exact) mass is 393 g/mol. The van der Waals surface area contributed by atoms with Gasteiger partial charge in [0.05, 0.1) is 6.54 Å². The summed E-state index contributed by atoms with van der Waals surface area (Å²) in [6, 6.07) is 21.4. The van der Waals surface area contributed by atoms with Crippen molar-refractivity contribution in [2.45, 2.75) is 6.92 Å². The van der Waals surface area contributed by atoms with Gasteiger partial charge in [0.1, 0.15) is 0 Å². The number of aryl methyl sites for hydroxylation is 1. The summed E-state index contributed by atoms with van der Waals surface area (Å²) in [7, 11) is 0. The van der Waals surface area contributed by atoms with Crippen LogP contribution in [0, 0.1) is 6.92 Å². The van der Waals surface area contributed by atoms with E-state index in [4.69, 9.17) is 11.6 Å². The van der Waals surface area contributed by atoms with Gasteiger partial charge in [0.2, 0.25) is 5.91 Å². The highest BCUT2D eigenvalue weighted by Gasteiger charge is 2.08. The van der Waals surface area contributed by atoms with Crippen LogP contribution in [0.15, 0.2) is 72.8 Å². The average molecular weight is 394 g/mol. The molecule has 3 N–H and O–H groups in total. The second-order valence-corrected chi connectivity index (χ2v) is 6.70. The fourth-order valence-corrected chi connectivity index (χ4v) is 2.80. The Morgan fingerprint density at radius 2 is 1.57 bits per heavy atom. The number of anilines is 3. The quantitative estimate of drug-likeness (QED) is 0.554. The Hall–Kier alpha value is -3.31. The molecule has 3 aromatic carbocycles. The van der Waals surface area contributed by atoms with Gasteiger partial charge in [-0.1, -0.05) is 41.9 Å². The van der Waals surface area contributed by atoms with E-state index >= 15 is 0 Å². The number of benzene rings is 3. The summed E-state index contributed by atoms with van der Waals surface area (Å²) in [5, 5.41) is 9.32. The van der Waals surface area contributed by atoms with Crippen molar-refractivity contribution < 1.29 is 9.59 Å². The Morgan fingerprint density at radius 1 is 0.857 bits per heavy atom. The maximum atomic E-state index is 12.2. The summed E-state index contributed by atoms with van der Waals surface area (Å²) < 4.78 is 0. The molecule has 0 bridgehead atoms. The Bertz CT molecular complexity index is 990. The predicted molar refractivity (Wildman–Crippen MR) is 114 cm³/mol. The van der Waals surface area contributed by atoms with Crippen molar-refractivity contribution in [2.75, 3.05) is 22.5 Å². The molecule has 142 valence electrons. The third-order valence-corrected chi connectivity index (χ3v) is 4.31. The summed E-state index contributed by atoms with van der Waals surface area (Å²) in [5.74, 6) is -0.409. The fourth-order valence-electron chi connectivity index (χ4n) is 2.63. The van der Waals surface area contributed by atoms with Gasteiger partial charge < -0.3 is 16.0 Å². The molecule has 5 nitrogen and oxygen atoms in total. The molecule has 0 saturated carbocycles. The zero-order valence-corrected chi connectivity index (χ0v) is 16.1. The van der Waals surface area contributed by atoms with Gasteiger partial charge in [-0.25, -0.2) is 0 Å². The molecule has 3 aromatic rings. The number of nitrogens with one attached hydrogen (secondary N) is 3. The molecule has 0 heterocycles. The molecular formula is C22H20ClN3O2. The third kappa shape index (κ3) is 5.34. The first kappa shape index (κ1) is 19.5. The minimum atomic E-state index is -0.206. The van der Waals surface area contributed by atoms with Crippen molar-refractivity contribution >= 4 is 40.5 Å². The van der Waals surface area contributed by atoms with Crippen molar-refractivity contribution in [1.29, 1.82) is 0 Å². The Balaban J connectivity index is 1.58. The second kappa shape index (κ2) is 9.06. The number of amides is 2. The van der Waals surface area contributed by atoms with E-state index in [0.717, 1.165) is 11.3 Å². The van der Waals surface area contributed by atoms with Gasteiger partial charge >= 0.3 is 0 Å². The summed E-state index contributed by atoms with van der Waals surface area (Å²) in [4.78, 5) is 24.5.